The van der Waals surface area contributed by atoms with Crippen LogP contribution in [-0.2, 0) is 9.53 Å². The average molecular weight is 240 g/mol. The molecule has 6 heteroatoms. The van der Waals surface area contributed by atoms with Gasteiger partial charge in [-0.15, -0.1) is 0 Å². The summed E-state index contributed by atoms with van der Waals surface area (Å²) in [6.07, 6.45) is 1.18. The minimum absolute atomic E-state index is 0.105. The van der Waals surface area contributed by atoms with Gasteiger partial charge in [0.15, 0.2) is 0 Å². The largest absolute Gasteiger partial charge is 0.464 e. The number of pyridine rings is 1. The van der Waals surface area contributed by atoms with Gasteiger partial charge in [0, 0.05) is 17.8 Å². The van der Waals surface area contributed by atoms with Crippen molar-refractivity contribution >= 4 is 11.9 Å². The number of halogens is 1. The predicted molar refractivity (Wildman–Crippen MR) is 57.8 cm³/mol. The zero-order chi connectivity index (χ0) is 12.8. The smallest absolute Gasteiger partial charge is 0.328 e. The minimum Gasteiger partial charge on any atom is -0.464 e. The standard InChI is InChI=1S/C11H13FN2O3/c1-3-17-11(16)7(2)14-10(15)8-4-5-13-9(12)6-8/h4-7H,3H2,1-2H3,(H,14,15). The fraction of sp³-hybridized carbons (Fsp3) is 0.364. The Labute approximate surface area is 98.0 Å². The van der Waals surface area contributed by atoms with E-state index < -0.39 is 23.9 Å². The molecule has 92 valence electrons. The SMILES string of the molecule is CCOC(=O)C(C)NC(=O)c1ccnc(F)c1. The van der Waals surface area contributed by atoms with Crippen LogP contribution in [0.5, 0.6) is 0 Å². The van der Waals surface area contributed by atoms with Crippen LogP contribution < -0.4 is 5.32 Å². The molecule has 0 saturated heterocycles. The lowest BCUT2D eigenvalue weighted by molar-refractivity contribution is -0.144. The summed E-state index contributed by atoms with van der Waals surface area (Å²) in [5.74, 6) is -1.83. The van der Waals surface area contributed by atoms with Crippen molar-refractivity contribution in [1.82, 2.24) is 10.3 Å². The molecule has 1 rings (SSSR count). The number of hydrogen-bond donors (Lipinski definition) is 1. The number of nitrogens with one attached hydrogen (secondary N) is 1. The van der Waals surface area contributed by atoms with E-state index in [-0.39, 0.29) is 12.2 Å². The van der Waals surface area contributed by atoms with Gasteiger partial charge < -0.3 is 10.1 Å². The van der Waals surface area contributed by atoms with Crippen LogP contribution in [-0.4, -0.2) is 29.5 Å². The van der Waals surface area contributed by atoms with Crippen molar-refractivity contribution in [2.24, 2.45) is 0 Å². The highest BCUT2D eigenvalue weighted by molar-refractivity contribution is 5.96. The van der Waals surface area contributed by atoms with E-state index in [1.54, 1.807) is 6.92 Å². The Morgan fingerprint density at radius 2 is 2.29 bits per heavy atom. The van der Waals surface area contributed by atoms with Crippen molar-refractivity contribution in [2.75, 3.05) is 6.61 Å². The van der Waals surface area contributed by atoms with Gasteiger partial charge >= 0.3 is 5.97 Å². The molecule has 0 radical (unpaired) electrons. The topological polar surface area (TPSA) is 68.3 Å². The van der Waals surface area contributed by atoms with E-state index in [1.165, 1.54) is 19.2 Å². The minimum atomic E-state index is -0.779. The summed E-state index contributed by atoms with van der Waals surface area (Å²) in [7, 11) is 0. The van der Waals surface area contributed by atoms with Crippen molar-refractivity contribution in [3.63, 3.8) is 0 Å². The molecule has 0 fully saturated rings. The van der Waals surface area contributed by atoms with Gasteiger partial charge in [0.05, 0.1) is 6.61 Å². The Hall–Kier alpha value is -1.98. The maximum absolute atomic E-state index is 12.8. The summed E-state index contributed by atoms with van der Waals surface area (Å²) < 4.78 is 17.5. The van der Waals surface area contributed by atoms with Crippen LogP contribution in [0.15, 0.2) is 18.3 Å². The van der Waals surface area contributed by atoms with E-state index >= 15 is 0 Å². The highest BCUT2D eigenvalue weighted by Gasteiger charge is 2.17. The van der Waals surface area contributed by atoms with Crippen LogP contribution in [0.2, 0.25) is 0 Å². The van der Waals surface area contributed by atoms with E-state index in [2.05, 4.69) is 10.3 Å². The molecule has 0 aliphatic heterocycles. The molecule has 1 amide bonds. The van der Waals surface area contributed by atoms with E-state index in [0.29, 0.717) is 0 Å². The van der Waals surface area contributed by atoms with Gasteiger partial charge in [-0.1, -0.05) is 0 Å². The second-order valence-corrected chi connectivity index (χ2v) is 3.31. The molecular weight excluding hydrogens is 227 g/mol. The summed E-state index contributed by atoms with van der Waals surface area (Å²) in [5, 5.41) is 2.40. The maximum Gasteiger partial charge on any atom is 0.328 e. The second kappa shape index (κ2) is 5.93. The summed E-state index contributed by atoms with van der Waals surface area (Å²) >= 11 is 0. The molecule has 0 saturated carbocycles. The molecule has 1 unspecified atom stereocenters. The first kappa shape index (κ1) is 13.1. The van der Waals surface area contributed by atoms with Crippen LogP contribution >= 0.6 is 0 Å². The highest BCUT2D eigenvalue weighted by Crippen LogP contribution is 2.01. The molecule has 5 nitrogen and oxygen atoms in total. The molecule has 0 aliphatic carbocycles. The molecule has 1 aromatic heterocycles. The number of esters is 1. The van der Waals surface area contributed by atoms with Gasteiger partial charge in [-0.05, 0) is 19.9 Å². The lowest BCUT2D eigenvalue weighted by atomic mass is 10.2. The fourth-order valence-electron chi connectivity index (χ4n) is 1.15. The van der Waals surface area contributed by atoms with Gasteiger partial charge in [-0.2, -0.15) is 4.39 Å². The molecule has 0 bridgehead atoms. The third kappa shape index (κ3) is 3.82. The normalized spacial score (nSPS) is 11.7. The molecule has 1 aromatic rings. The van der Waals surface area contributed by atoms with E-state index in [9.17, 15) is 14.0 Å². The summed E-state index contributed by atoms with van der Waals surface area (Å²) in [4.78, 5) is 26.2. The van der Waals surface area contributed by atoms with Crippen molar-refractivity contribution in [3.05, 3.63) is 29.8 Å². The van der Waals surface area contributed by atoms with Crippen LogP contribution in [0, 0.1) is 5.95 Å². The first-order chi connectivity index (χ1) is 8.04. The van der Waals surface area contributed by atoms with Crippen molar-refractivity contribution in [3.8, 4) is 0 Å². The fourth-order valence-corrected chi connectivity index (χ4v) is 1.15. The number of nitrogens with zero attached hydrogens (tertiary/aromatic N) is 1. The van der Waals surface area contributed by atoms with E-state index in [1.807, 2.05) is 0 Å². The number of hydrogen-bond acceptors (Lipinski definition) is 4. The van der Waals surface area contributed by atoms with Crippen molar-refractivity contribution in [2.45, 2.75) is 19.9 Å². The molecular formula is C11H13FN2O3. The number of amides is 1. The summed E-state index contributed by atoms with van der Waals surface area (Å²) in [6.45, 7) is 3.40. The lowest BCUT2D eigenvalue weighted by Crippen LogP contribution is -2.39. The third-order valence-electron chi connectivity index (χ3n) is 1.98. The molecule has 1 heterocycles. The molecule has 17 heavy (non-hydrogen) atoms. The van der Waals surface area contributed by atoms with Gasteiger partial charge in [-0.3, -0.25) is 4.79 Å². The van der Waals surface area contributed by atoms with Gasteiger partial charge in [0.25, 0.3) is 5.91 Å². The predicted octanol–water partition coefficient (Wildman–Crippen LogP) is 0.902. The maximum atomic E-state index is 12.8. The van der Waals surface area contributed by atoms with Crippen LogP contribution in [0.1, 0.15) is 24.2 Å². The van der Waals surface area contributed by atoms with Gasteiger partial charge in [-0.25, -0.2) is 9.78 Å². The zero-order valence-electron chi connectivity index (χ0n) is 9.57. The van der Waals surface area contributed by atoms with E-state index in [0.717, 1.165) is 6.07 Å². The third-order valence-corrected chi connectivity index (χ3v) is 1.98. The number of carbonyl (C=O) groups is 2. The molecule has 0 spiro atoms. The Balaban J connectivity index is 2.63. The lowest BCUT2D eigenvalue weighted by Gasteiger charge is -2.12. The van der Waals surface area contributed by atoms with Crippen molar-refractivity contribution < 1.29 is 18.7 Å². The van der Waals surface area contributed by atoms with E-state index in [4.69, 9.17) is 4.74 Å². The quantitative estimate of drug-likeness (QED) is 0.627. The highest BCUT2D eigenvalue weighted by atomic mass is 19.1. The molecule has 1 atom stereocenters. The molecule has 0 aromatic carbocycles. The second-order valence-electron chi connectivity index (χ2n) is 3.31. The Morgan fingerprint density at radius 1 is 1.59 bits per heavy atom. The van der Waals surface area contributed by atoms with Gasteiger partial charge in [0.2, 0.25) is 5.95 Å². The first-order valence-corrected chi connectivity index (χ1v) is 5.13. The Kier molecular flexibility index (Phi) is 4.56. The molecule has 0 aliphatic rings. The number of rotatable bonds is 4. The Morgan fingerprint density at radius 3 is 2.88 bits per heavy atom. The van der Waals surface area contributed by atoms with Crippen molar-refractivity contribution in [1.29, 1.82) is 0 Å². The number of ether oxygens (including phenoxy) is 1. The van der Waals surface area contributed by atoms with Crippen LogP contribution in [0.4, 0.5) is 4.39 Å². The van der Waals surface area contributed by atoms with Gasteiger partial charge in [0.1, 0.15) is 6.04 Å². The molecule has 1 N–H and O–H groups in total. The Bertz CT molecular complexity index is 423. The average Bonchev–Trinajstić information content (AvgIpc) is 2.29. The number of carbonyl (C=O) groups excluding carboxylic acids is 2. The zero-order valence-corrected chi connectivity index (χ0v) is 9.57. The summed E-state index contributed by atoms with van der Waals surface area (Å²) in [6, 6.07) is 1.57. The van der Waals surface area contributed by atoms with Crippen LogP contribution in [0.25, 0.3) is 0 Å². The summed E-state index contributed by atoms with van der Waals surface area (Å²) in [5.41, 5.74) is 0.105. The monoisotopic (exact) mass is 240 g/mol. The first-order valence-electron chi connectivity index (χ1n) is 5.13. The number of aromatic nitrogens is 1. The van der Waals surface area contributed by atoms with Crippen LogP contribution in [0.3, 0.4) is 0 Å².